The second-order valence-corrected chi connectivity index (χ2v) is 6.68. The van der Waals surface area contributed by atoms with Crippen molar-refractivity contribution in [1.82, 2.24) is 5.32 Å². The van der Waals surface area contributed by atoms with Gasteiger partial charge in [0.1, 0.15) is 6.04 Å². The van der Waals surface area contributed by atoms with E-state index in [9.17, 15) is 14.9 Å². The Hall–Kier alpha value is -2.25. The summed E-state index contributed by atoms with van der Waals surface area (Å²) in [6.45, 7) is 4.21. The van der Waals surface area contributed by atoms with Gasteiger partial charge in [-0.15, -0.1) is 11.3 Å². The van der Waals surface area contributed by atoms with E-state index in [0.29, 0.717) is 6.54 Å². The lowest BCUT2D eigenvalue weighted by molar-refractivity contribution is -0.384. The predicted octanol–water partition coefficient (Wildman–Crippen LogP) is 3.52. The number of non-ortho nitro benzene ring substituents is 1. The van der Waals surface area contributed by atoms with E-state index in [1.807, 2.05) is 26.0 Å². The van der Waals surface area contributed by atoms with E-state index in [1.165, 1.54) is 12.1 Å². The number of benzene rings is 1. The van der Waals surface area contributed by atoms with Crippen molar-refractivity contribution in [3.05, 3.63) is 51.4 Å². The third kappa shape index (κ3) is 4.37. The molecule has 0 aliphatic heterocycles. The summed E-state index contributed by atoms with van der Waals surface area (Å²) in [6.07, 6.45) is 0. The van der Waals surface area contributed by atoms with E-state index in [-0.39, 0.29) is 11.6 Å². The number of hydrogen-bond acceptors (Lipinski definition) is 5. The highest BCUT2D eigenvalue weighted by molar-refractivity contribution is 7.15. The summed E-state index contributed by atoms with van der Waals surface area (Å²) in [4.78, 5) is 23.4. The maximum atomic E-state index is 11.2. The maximum absolute atomic E-state index is 11.2. The topological polar surface area (TPSA) is 92.5 Å². The minimum atomic E-state index is -0.854. The van der Waals surface area contributed by atoms with Gasteiger partial charge in [0.25, 0.3) is 5.69 Å². The van der Waals surface area contributed by atoms with Crippen molar-refractivity contribution in [2.45, 2.75) is 26.4 Å². The Morgan fingerprint density at radius 2 is 1.91 bits per heavy atom. The predicted molar refractivity (Wildman–Crippen MR) is 89.5 cm³/mol. The van der Waals surface area contributed by atoms with Gasteiger partial charge in [0.2, 0.25) is 0 Å². The lowest BCUT2D eigenvalue weighted by atomic mass is 10.1. The molecule has 7 heteroatoms. The van der Waals surface area contributed by atoms with Crippen molar-refractivity contribution < 1.29 is 14.8 Å². The number of hydrogen-bond donors (Lipinski definition) is 2. The average molecular weight is 334 g/mol. The summed E-state index contributed by atoms with van der Waals surface area (Å²) < 4.78 is 0. The van der Waals surface area contributed by atoms with E-state index in [4.69, 9.17) is 5.11 Å². The minimum absolute atomic E-state index is 0.00149. The van der Waals surface area contributed by atoms with Crippen LogP contribution in [0.4, 0.5) is 5.69 Å². The molecule has 2 aromatic rings. The number of nitrogens with zero attached hydrogens (tertiary/aromatic N) is 1. The average Bonchev–Trinajstić information content (AvgIpc) is 2.95. The quantitative estimate of drug-likeness (QED) is 0.597. The van der Waals surface area contributed by atoms with Crippen molar-refractivity contribution in [3.63, 3.8) is 0 Å². The number of thiophene rings is 1. The molecular weight excluding hydrogens is 316 g/mol. The molecule has 122 valence electrons. The standard InChI is InChI=1S/C16H18N2O4S/c1-10(2)15(16(19)20)17-9-13-7-8-14(23-13)11-3-5-12(6-4-11)18(21)22/h3-8,10,15,17H,9H2,1-2H3,(H,19,20)/t15-/m1/s1. The molecule has 1 atom stereocenters. The van der Waals surface area contributed by atoms with Crippen molar-refractivity contribution in [2.75, 3.05) is 0 Å². The van der Waals surface area contributed by atoms with E-state index in [2.05, 4.69) is 5.32 Å². The smallest absolute Gasteiger partial charge is 0.320 e. The number of nitrogens with one attached hydrogen (secondary N) is 1. The zero-order valence-electron chi connectivity index (χ0n) is 12.9. The number of rotatable bonds is 7. The molecule has 23 heavy (non-hydrogen) atoms. The summed E-state index contributed by atoms with van der Waals surface area (Å²) in [5.74, 6) is -0.853. The second-order valence-electron chi connectivity index (χ2n) is 5.51. The van der Waals surface area contributed by atoms with Gasteiger partial charge in [0.15, 0.2) is 0 Å². The highest BCUT2D eigenvalue weighted by Gasteiger charge is 2.20. The highest BCUT2D eigenvalue weighted by Crippen LogP contribution is 2.29. The molecule has 0 spiro atoms. The lowest BCUT2D eigenvalue weighted by Crippen LogP contribution is -2.40. The van der Waals surface area contributed by atoms with Crippen LogP contribution in [0.15, 0.2) is 36.4 Å². The van der Waals surface area contributed by atoms with Gasteiger partial charge in [-0.2, -0.15) is 0 Å². The Labute approximate surface area is 137 Å². The summed E-state index contributed by atoms with van der Waals surface area (Å²) in [5, 5.41) is 22.9. The zero-order valence-corrected chi connectivity index (χ0v) is 13.7. The molecule has 0 aliphatic rings. The molecular formula is C16H18N2O4S. The van der Waals surface area contributed by atoms with E-state index >= 15 is 0 Å². The molecule has 2 N–H and O–H groups in total. The highest BCUT2D eigenvalue weighted by atomic mass is 32.1. The normalized spacial score (nSPS) is 12.3. The molecule has 0 amide bonds. The Balaban J connectivity index is 2.05. The van der Waals surface area contributed by atoms with Crippen LogP contribution in [0.2, 0.25) is 0 Å². The van der Waals surface area contributed by atoms with Crippen molar-refractivity contribution in [1.29, 1.82) is 0 Å². The fraction of sp³-hybridized carbons (Fsp3) is 0.312. The van der Waals surface area contributed by atoms with Gasteiger partial charge in [-0.25, -0.2) is 0 Å². The monoisotopic (exact) mass is 334 g/mol. The molecule has 0 aliphatic carbocycles. The van der Waals surface area contributed by atoms with Gasteiger partial charge in [-0.1, -0.05) is 13.8 Å². The first-order valence-corrected chi connectivity index (χ1v) is 8.00. The first kappa shape index (κ1) is 17.1. The second kappa shape index (κ2) is 7.34. The number of carbonyl (C=O) groups is 1. The van der Waals surface area contributed by atoms with Crippen LogP contribution >= 0.6 is 11.3 Å². The Morgan fingerprint density at radius 3 is 2.43 bits per heavy atom. The van der Waals surface area contributed by atoms with Gasteiger partial charge >= 0.3 is 5.97 Å². The molecule has 0 radical (unpaired) electrons. The number of carboxylic acid groups (broad SMARTS) is 1. The molecule has 1 heterocycles. The van der Waals surface area contributed by atoms with E-state index in [0.717, 1.165) is 15.3 Å². The number of nitro groups is 1. The van der Waals surface area contributed by atoms with Crippen LogP contribution in [-0.2, 0) is 11.3 Å². The van der Waals surface area contributed by atoms with Crippen molar-refractivity contribution >= 4 is 23.0 Å². The lowest BCUT2D eigenvalue weighted by Gasteiger charge is -2.17. The van der Waals surface area contributed by atoms with Crippen LogP contribution < -0.4 is 5.32 Å². The molecule has 0 bridgehead atoms. The van der Waals surface area contributed by atoms with Crippen molar-refractivity contribution in [2.24, 2.45) is 5.92 Å². The van der Waals surface area contributed by atoms with E-state index in [1.54, 1.807) is 23.5 Å². The Bertz CT molecular complexity index is 694. The van der Waals surface area contributed by atoms with Crippen LogP contribution in [0, 0.1) is 16.0 Å². The summed E-state index contributed by atoms with van der Waals surface area (Å²) in [6, 6.07) is 9.69. The van der Waals surface area contributed by atoms with Gasteiger partial charge in [-0.05, 0) is 35.7 Å². The molecule has 0 saturated carbocycles. The first-order chi connectivity index (χ1) is 10.9. The Morgan fingerprint density at radius 1 is 1.26 bits per heavy atom. The number of carboxylic acids is 1. The summed E-state index contributed by atoms with van der Waals surface area (Å²) in [7, 11) is 0. The Kier molecular flexibility index (Phi) is 5.46. The zero-order chi connectivity index (χ0) is 17.0. The SMILES string of the molecule is CC(C)[C@@H](NCc1ccc(-c2ccc([N+](=O)[O-])cc2)s1)C(=O)O. The molecule has 0 unspecified atom stereocenters. The third-order valence-corrected chi connectivity index (χ3v) is 4.59. The minimum Gasteiger partial charge on any atom is -0.480 e. The van der Waals surface area contributed by atoms with Gasteiger partial charge in [-0.3, -0.25) is 20.2 Å². The van der Waals surface area contributed by atoms with Gasteiger partial charge in [0, 0.05) is 28.4 Å². The van der Waals surface area contributed by atoms with Crippen LogP contribution in [-0.4, -0.2) is 22.0 Å². The number of aliphatic carboxylic acids is 1. The molecule has 6 nitrogen and oxygen atoms in total. The van der Waals surface area contributed by atoms with Crippen LogP contribution in [0.5, 0.6) is 0 Å². The van der Waals surface area contributed by atoms with Crippen LogP contribution in [0.1, 0.15) is 18.7 Å². The van der Waals surface area contributed by atoms with Gasteiger partial charge < -0.3 is 5.11 Å². The fourth-order valence-electron chi connectivity index (χ4n) is 2.19. The fourth-order valence-corrected chi connectivity index (χ4v) is 3.16. The molecule has 2 rings (SSSR count). The molecule has 0 saturated heterocycles. The van der Waals surface area contributed by atoms with Crippen LogP contribution in [0.3, 0.4) is 0 Å². The molecule has 1 aromatic carbocycles. The summed E-state index contributed by atoms with van der Waals surface area (Å²) >= 11 is 1.54. The maximum Gasteiger partial charge on any atom is 0.320 e. The van der Waals surface area contributed by atoms with Crippen molar-refractivity contribution in [3.8, 4) is 10.4 Å². The van der Waals surface area contributed by atoms with Gasteiger partial charge in [0.05, 0.1) is 4.92 Å². The molecule has 1 aromatic heterocycles. The molecule has 0 fully saturated rings. The summed E-state index contributed by atoms with van der Waals surface area (Å²) in [5.41, 5.74) is 0.971. The first-order valence-electron chi connectivity index (χ1n) is 7.18. The van der Waals surface area contributed by atoms with E-state index < -0.39 is 16.9 Å². The number of nitro benzene ring substituents is 1. The largest absolute Gasteiger partial charge is 0.480 e. The van der Waals surface area contributed by atoms with Crippen LogP contribution in [0.25, 0.3) is 10.4 Å². The third-order valence-electron chi connectivity index (χ3n) is 3.45.